The van der Waals surface area contributed by atoms with Gasteiger partial charge in [0.15, 0.2) is 5.65 Å². The van der Waals surface area contributed by atoms with E-state index in [-0.39, 0.29) is 6.42 Å². The van der Waals surface area contributed by atoms with Crippen LogP contribution in [0.5, 0.6) is 0 Å². The molecule has 2 N–H and O–H groups in total. The van der Waals surface area contributed by atoms with E-state index in [0.29, 0.717) is 17.9 Å². The van der Waals surface area contributed by atoms with Crippen molar-refractivity contribution >= 4 is 23.0 Å². The van der Waals surface area contributed by atoms with Gasteiger partial charge in [-0.2, -0.15) is 5.10 Å². The number of hydrogen-bond acceptors (Lipinski definition) is 5. The zero-order valence-corrected chi connectivity index (χ0v) is 13.2. The van der Waals surface area contributed by atoms with Crippen LogP contribution in [0.15, 0.2) is 42.7 Å². The third-order valence-electron chi connectivity index (χ3n) is 3.65. The van der Waals surface area contributed by atoms with E-state index in [2.05, 4.69) is 20.4 Å². The molecule has 0 aliphatic carbocycles. The predicted molar refractivity (Wildman–Crippen MR) is 91.3 cm³/mol. The lowest BCUT2D eigenvalue weighted by molar-refractivity contribution is -0.137. The van der Waals surface area contributed by atoms with Gasteiger partial charge in [0, 0.05) is 13.0 Å². The van der Waals surface area contributed by atoms with E-state index in [4.69, 9.17) is 5.11 Å². The van der Waals surface area contributed by atoms with Gasteiger partial charge in [0.2, 0.25) is 0 Å². The fraction of sp³-hybridized carbons (Fsp3) is 0.294. The number of anilines is 1. The highest BCUT2D eigenvalue weighted by molar-refractivity contribution is 5.73. The number of fused-ring (bicyclic) bond motifs is 1. The highest BCUT2D eigenvalue weighted by Gasteiger charge is 2.08. The van der Waals surface area contributed by atoms with Gasteiger partial charge in [-0.3, -0.25) is 4.79 Å². The Hall–Kier alpha value is -2.96. The van der Waals surface area contributed by atoms with Crippen LogP contribution in [-0.2, 0) is 4.79 Å². The van der Waals surface area contributed by atoms with E-state index in [1.54, 1.807) is 17.1 Å². The van der Waals surface area contributed by atoms with Crippen LogP contribution in [0.3, 0.4) is 0 Å². The summed E-state index contributed by atoms with van der Waals surface area (Å²) in [5.41, 5.74) is 2.39. The second kappa shape index (κ2) is 7.54. The number of benzene rings is 1. The molecule has 0 unspecified atom stereocenters. The van der Waals surface area contributed by atoms with Gasteiger partial charge in [0.25, 0.3) is 0 Å². The predicted octanol–water partition coefficient (Wildman–Crippen LogP) is 2.87. The molecule has 2 aromatic heterocycles. The molecule has 0 bridgehead atoms. The Bertz CT molecular complexity index is 816. The number of carboxylic acid groups (broad SMARTS) is 1. The third kappa shape index (κ3) is 3.87. The Morgan fingerprint density at radius 1 is 1.12 bits per heavy atom. The molecule has 0 amide bonds. The molecule has 124 valence electrons. The molecule has 0 atom stereocenters. The van der Waals surface area contributed by atoms with Crippen molar-refractivity contribution in [2.45, 2.75) is 25.7 Å². The van der Waals surface area contributed by atoms with Crippen molar-refractivity contribution in [1.29, 1.82) is 0 Å². The summed E-state index contributed by atoms with van der Waals surface area (Å²) < 4.78 is 1.76. The molecular weight excluding hydrogens is 306 g/mol. The maximum atomic E-state index is 10.4. The van der Waals surface area contributed by atoms with Crippen LogP contribution >= 0.6 is 0 Å². The number of carbonyl (C=O) groups is 1. The lowest BCUT2D eigenvalue weighted by atomic mass is 10.2. The lowest BCUT2D eigenvalue weighted by Crippen LogP contribution is -2.05. The first-order valence-electron chi connectivity index (χ1n) is 7.96. The zero-order valence-electron chi connectivity index (χ0n) is 13.2. The number of carboxylic acids is 1. The van der Waals surface area contributed by atoms with Crippen LogP contribution in [0, 0.1) is 0 Å². The molecule has 0 saturated heterocycles. The minimum Gasteiger partial charge on any atom is -0.481 e. The van der Waals surface area contributed by atoms with E-state index in [1.807, 2.05) is 30.3 Å². The Morgan fingerprint density at radius 2 is 1.96 bits per heavy atom. The average Bonchev–Trinajstić information content (AvgIpc) is 3.01. The Kier molecular flexibility index (Phi) is 5.00. The van der Waals surface area contributed by atoms with Crippen molar-refractivity contribution in [2.75, 3.05) is 11.9 Å². The number of para-hydroxylation sites is 1. The standard InChI is InChI=1S/C17H19N5O2/c23-16(24)9-5-2-6-10-18-15-12-19-17-14(21-15)11-20-22(17)13-7-3-1-4-8-13/h1,3-4,7-8,11-12H,2,5-6,9-10H2,(H,18,21)(H,23,24). The molecule has 0 aliphatic heterocycles. The van der Waals surface area contributed by atoms with Crippen LogP contribution in [0.4, 0.5) is 5.82 Å². The van der Waals surface area contributed by atoms with E-state index in [1.165, 1.54) is 0 Å². The number of rotatable bonds is 8. The summed E-state index contributed by atoms with van der Waals surface area (Å²) in [6.45, 7) is 0.743. The number of unbranched alkanes of at least 4 members (excludes halogenated alkanes) is 2. The molecule has 0 aliphatic rings. The molecule has 7 heteroatoms. The van der Waals surface area contributed by atoms with Gasteiger partial charge in [-0.25, -0.2) is 14.6 Å². The SMILES string of the molecule is O=C(O)CCCCCNc1cnc2c(cnn2-c2ccccc2)n1. The normalized spacial score (nSPS) is 10.8. The Labute approximate surface area is 139 Å². The summed E-state index contributed by atoms with van der Waals surface area (Å²) in [5.74, 6) is -0.0388. The molecule has 7 nitrogen and oxygen atoms in total. The second-order valence-corrected chi connectivity index (χ2v) is 5.49. The Balaban J connectivity index is 1.60. The summed E-state index contributed by atoms with van der Waals surface area (Å²) in [7, 11) is 0. The van der Waals surface area contributed by atoms with Crippen molar-refractivity contribution in [2.24, 2.45) is 0 Å². The van der Waals surface area contributed by atoms with Gasteiger partial charge < -0.3 is 10.4 Å². The van der Waals surface area contributed by atoms with Gasteiger partial charge >= 0.3 is 5.97 Å². The molecule has 0 spiro atoms. The highest BCUT2D eigenvalue weighted by Crippen LogP contribution is 2.16. The summed E-state index contributed by atoms with van der Waals surface area (Å²) in [6, 6.07) is 9.81. The number of hydrogen-bond donors (Lipinski definition) is 2. The molecule has 0 radical (unpaired) electrons. The van der Waals surface area contributed by atoms with E-state index in [9.17, 15) is 4.79 Å². The average molecular weight is 325 g/mol. The fourth-order valence-electron chi connectivity index (χ4n) is 2.45. The summed E-state index contributed by atoms with van der Waals surface area (Å²) in [6.07, 6.45) is 6.10. The smallest absolute Gasteiger partial charge is 0.303 e. The Morgan fingerprint density at radius 3 is 2.75 bits per heavy atom. The van der Waals surface area contributed by atoms with Crippen LogP contribution in [-0.4, -0.2) is 37.4 Å². The number of aromatic nitrogens is 4. The lowest BCUT2D eigenvalue weighted by Gasteiger charge is -2.05. The van der Waals surface area contributed by atoms with Crippen LogP contribution in [0.25, 0.3) is 16.9 Å². The minimum absolute atomic E-state index is 0.227. The first-order valence-corrected chi connectivity index (χ1v) is 7.96. The molecule has 0 saturated carbocycles. The van der Waals surface area contributed by atoms with Gasteiger partial charge in [0.05, 0.1) is 18.1 Å². The van der Waals surface area contributed by atoms with Crippen molar-refractivity contribution in [1.82, 2.24) is 19.7 Å². The van der Waals surface area contributed by atoms with Gasteiger partial charge in [-0.15, -0.1) is 0 Å². The molecule has 3 aromatic rings. The topological polar surface area (TPSA) is 92.9 Å². The maximum absolute atomic E-state index is 10.4. The molecular formula is C17H19N5O2. The van der Waals surface area contributed by atoms with Crippen molar-refractivity contribution < 1.29 is 9.90 Å². The first-order chi connectivity index (χ1) is 11.7. The van der Waals surface area contributed by atoms with Crippen LogP contribution < -0.4 is 5.32 Å². The second-order valence-electron chi connectivity index (χ2n) is 5.49. The van der Waals surface area contributed by atoms with Gasteiger partial charge in [-0.1, -0.05) is 24.6 Å². The van der Waals surface area contributed by atoms with Crippen molar-refractivity contribution in [3.63, 3.8) is 0 Å². The van der Waals surface area contributed by atoms with E-state index in [0.717, 1.165) is 30.6 Å². The summed E-state index contributed by atoms with van der Waals surface area (Å²) in [4.78, 5) is 19.4. The van der Waals surface area contributed by atoms with Crippen molar-refractivity contribution in [3.05, 3.63) is 42.7 Å². The zero-order chi connectivity index (χ0) is 16.8. The molecule has 1 aromatic carbocycles. The maximum Gasteiger partial charge on any atom is 0.303 e. The van der Waals surface area contributed by atoms with Crippen molar-refractivity contribution in [3.8, 4) is 5.69 Å². The summed E-state index contributed by atoms with van der Waals surface area (Å²) in [5, 5.41) is 16.2. The van der Waals surface area contributed by atoms with Gasteiger partial charge in [0.1, 0.15) is 11.3 Å². The highest BCUT2D eigenvalue weighted by atomic mass is 16.4. The summed E-state index contributed by atoms with van der Waals surface area (Å²) >= 11 is 0. The minimum atomic E-state index is -0.741. The molecule has 2 heterocycles. The van der Waals surface area contributed by atoms with E-state index < -0.39 is 5.97 Å². The van der Waals surface area contributed by atoms with E-state index >= 15 is 0 Å². The van der Waals surface area contributed by atoms with Crippen LogP contribution in [0.1, 0.15) is 25.7 Å². The molecule has 0 fully saturated rings. The molecule has 24 heavy (non-hydrogen) atoms. The first kappa shape index (κ1) is 15.9. The van der Waals surface area contributed by atoms with Crippen LogP contribution in [0.2, 0.25) is 0 Å². The largest absolute Gasteiger partial charge is 0.481 e. The third-order valence-corrected chi connectivity index (χ3v) is 3.65. The number of nitrogens with zero attached hydrogens (tertiary/aromatic N) is 4. The molecule has 3 rings (SSSR count). The number of nitrogens with one attached hydrogen (secondary N) is 1. The monoisotopic (exact) mass is 325 g/mol. The quantitative estimate of drug-likeness (QED) is 0.619. The van der Waals surface area contributed by atoms with Gasteiger partial charge in [-0.05, 0) is 25.0 Å². The fourth-order valence-corrected chi connectivity index (χ4v) is 2.45. The number of aliphatic carboxylic acids is 1.